The maximum atomic E-state index is 14.8. The molecule has 2 aliphatic heterocycles. The summed E-state index contributed by atoms with van der Waals surface area (Å²) >= 11 is 0. The Bertz CT molecular complexity index is 948. The third-order valence-electron chi connectivity index (χ3n) is 4.84. The normalized spacial score (nSPS) is 22.0. The zero-order valence-corrected chi connectivity index (χ0v) is 17.6. The minimum Gasteiger partial charge on any atom is -0.434 e. The summed E-state index contributed by atoms with van der Waals surface area (Å²) in [5.74, 6) is -4.46. The summed E-state index contributed by atoms with van der Waals surface area (Å²) in [5.41, 5.74) is -0.530. The zero-order chi connectivity index (χ0) is 23.6. The topological polar surface area (TPSA) is 91.3 Å². The average molecular weight is 482 g/mol. The fourth-order valence-electron chi connectivity index (χ4n) is 3.32. The van der Waals surface area contributed by atoms with Crippen LogP contribution in [0.4, 0.5) is 38.1 Å². The molecule has 0 aliphatic carbocycles. The number of hydrogen-bond donors (Lipinski definition) is 1. The number of halogens is 5. The molecule has 0 saturated carbocycles. The molecule has 32 heavy (non-hydrogen) atoms. The fraction of sp³-hybridized carbons (Fsp3) is 0.500. The van der Waals surface area contributed by atoms with Crippen LogP contribution in [-0.2, 0) is 25.0 Å². The number of likely N-dealkylation sites (N-methyl/N-ethyl adjacent to an activating group) is 1. The van der Waals surface area contributed by atoms with Gasteiger partial charge >= 0.3 is 18.2 Å². The largest absolute Gasteiger partial charge is 0.474 e. The molecule has 1 aromatic carbocycles. The molecule has 3 amide bonds. The highest BCUT2D eigenvalue weighted by atomic mass is 32.2. The van der Waals surface area contributed by atoms with Gasteiger partial charge in [0.25, 0.3) is 5.91 Å². The predicted octanol–water partition coefficient (Wildman–Crippen LogP) is 2.14. The average Bonchev–Trinajstić information content (AvgIpc) is 2.96. The summed E-state index contributed by atoms with van der Waals surface area (Å²) in [6, 6.07) is 1.85. The van der Waals surface area contributed by atoms with Crippen LogP contribution in [0.3, 0.4) is 0 Å². The second kappa shape index (κ2) is 9.38. The van der Waals surface area contributed by atoms with Gasteiger partial charge in [-0.25, -0.2) is 13.6 Å². The number of anilines is 2. The number of alkyl halides is 3. The molecule has 14 heteroatoms. The number of ether oxygens (including phenoxy) is 1. The van der Waals surface area contributed by atoms with Crippen LogP contribution in [0.2, 0.25) is 0 Å². The van der Waals surface area contributed by atoms with Crippen molar-refractivity contribution in [2.24, 2.45) is 4.36 Å². The molecule has 1 unspecified atom stereocenters. The van der Waals surface area contributed by atoms with Gasteiger partial charge < -0.3 is 15.0 Å². The molecule has 0 radical (unpaired) electrons. The number of rotatable bonds is 3. The Balaban J connectivity index is 1.77. The first kappa shape index (κ1) is 23.9. The van der Waals surface area contributed by atoms with Crippen LogP contribution in [0.1, 0.15) is 6.42 Å². The van der Waals surface area contributed by atoms with E-state index in [1.54, 1.807) is 0 Å². The van der Waals surface area contributed by atoms with Gasteiger partial charge in [0, 0.05) is 43.8 Å². The van der Waals surface area contributed by atoms with Gasteiger partial charge in [-0.3, -0.25) is 14.5 Å². The molecule has 1 N–H and O–H groups in total. The second-order valence-corrected chi connectivity index (χ2v) is 8.88. The molecule has 0 spiro atoms. The van der Waals surface area contributed by atoms with Crippen molar-refractivity contribution in [1.82, 2.24) is 5.32 Å². The van der Waals surface area contributed by atoms with Crippen molar-refractivity contribution in [2.75, 3.05) is 48.0 Å². The van der Waals surface area contributed by atoms with E-state index in [-0.39, 0.29) is 43.2 Å². The molecule has 2 aliphatic rings. The minimum atomic E-state index is -5.05. The first-order valence-corrected chi connectivity index (χ1v) is 11.0. The highest BCUT2D eigenvalue weighted by Crippen LogP contribution is 2.31. The summed E-state index contributed by atoms with van der Waals surface area (Å²) in [6.45, 7) is -0.0790. The van der Waals surface area contributed by atoms with Gasteiger partial charge in [-0.15, -0.1) is 0 Å². The molecule has 8 nitrogen and oxygen atoms in total. The lowest BCUT2D eigenvalue weighted by Crippen LogP contribution is -2.35. The van der Waals surface area contributed by atoms with E-state index in [1.165, 1.54) is 11.9 Å². The molecule has 0 aromatic heterocycles. The van der Waals surface area contributed by atoms with Crippen LogP contribution in [0, 0.1) is 11.6 Å². The smallest absolute Gasteiger partial charge is 0.434 e. The molecule has 3 rings (SSSR count). The van der Waals surface area contributed by atoms with Gasteiger partial charge in [0.05, 0.1) is 12.2 Å². The van der Waals surface area contributed by atoms with Crippen LogP contribution in [-0.4, -0.2) is 68.4 Å². The Morgan fingerprint density at radius 2 is 1.84 bits per heavy atom. The van der Waals surface area contributed by atoms with E-state index < -0.39 is 58.2 Å². The quantitative estimate of drug-likeness (QED) is 0.667. The van der Waals surface area contributed by atoms with Gasteiger partial charge in [-0.05, 0) is 6.42 Å². The van der Waals surface area contributed by atoms with Crippen LogP contribution in [0.15, 0.2) is 16.5 Å². The van der Waals surface area contributed by atoms with Crippen molar-refractivity contribution in [2.45, 2.75) is 18.7 Å². The minimum absolute atomic E-state index is 0.00453. The molecular formula is C18H19F5N4O4S. The third kappa shape index (κ3) is 5.16. The molecular weight excluding hydrogens is 463 g/mol. The lowest BCUT2D eigenvalue weighted by atomic mass is 10.2. The monoisotopic (exact) mass is 482 g/mol. The SMILES string of the molecule is CNC(=O)[C@H]1CN(c2cc(F)c(N3CCCS(=NC(=O)C(F)(F)F)CC3)c(F)c2)C(=O)O1. The van der Waals surface area contributed by atoms with Crippen molar-refractivity contribution in [3.63, 3.8) is 0 Å². The molecule has 2 atom stereocenters. The van der Waals surface area contributed by atoms with E-state index >= 15 is 0 Å². The van der Waals surface area contributed by atoms with E-state index in [2.05, 4.69) is 9.68 Å². The Kier molecular flexibility index (Phi) is 7.00. The van der Waals surface area contributed by atoms with Crippen LogP contribution in [0.5, 0.6) is 0 Å². The van der Waals surface area contributed by atoms with Gasteiger partial charge in [-0.2, -0.15) is 17.5 Å². The van der Waals surface area contributed by atoms with Gasteiger partial charge in [0.1, 0.15) is 5.69 Å². The molecule has 2 saturated heterocycles. The fourth-order valence-corrected chi connectivity index (χ4v) is 4.93. The Labute approximate surface area is 181 Å². The summed E-state index contributed by atoms with van der Waals surface area (Å²) in [5, 5.41) is 2.32. The van der Waals surface area contributed by atoms with E-state index in [0.29, 0.717) is 0 Å². The lowest BCUT2D eigenvalue weighted by Gasteiger charge is -2.24. The summed E-state index contributed by atoms with van der Waals surface area (Å²) in [7, 11) is 0.147. The zero-order valence-electron chi connectivity index (χ0n) is 16.7. The summed E-state index contributed by atoms with van der Waals surface area (Å²) in [4.78, 5) is 37.0. The molecule has 0 bridgehead atoms. The standard InChI is InChI=1S/C18H19F5N4O4S/c1-24-15(28)13-9-27(17(30)31-13)10-7-11(19)14(12(20)8-10)26-3-2-5-32(6-4-26)25-16(29)18(21,22)23/h7-8,13H,2-6,9H2,1H3,(H,24,28)/t13-,32?/m1/s1. The molecule has 2 fully saturated rings. The van der Waals surface area contributed by atoms with Gasteiger partial charge in [0.2, 0.25) is 0 Å². The van der Waals surface area contributed by atoms with E-state index in [4.69, 9.17) is 4.74 Å². The number of benzene rings is 1. The maximum absolute atomic E-state index is 14.8. The van der Waals surface area contributed by atoms with Gasteiger partial charge in [0.15, 0.2) is 17.7 Å². The summed E-state index contributed by atoms with van der Waals surface area (Å²) in [6.07, 6.45) is -6.82. The first-order valence-electron chi connectivity index (χ1n) is 9.45. The van der Waals surface area contributed by atoms with Crippen molar-refractivity contribution < 1.29 is 41.1 Å². The van der Waals surface area contributed by atoms with Gasteiger partial charge in [-0.1, -0.05) is 10.7 Å². The number of amides is 3. The van der Waals surface area contributed by atoms with Crippen molar-refractivity contribution >= 4 is 40.0 Å². The highest BCUT2D eigenvalue weighted by Gasteiger charge is 2.39. The maximum Gasteiger partial charge on any atom is 0.474 e. The highest BCUT2D eigenvalue weighted by molar-refractivity contribution is 7.87. The van der Waals surface area contributed by atoms with Crippen LogP contribution in [0.25, 0.3) is 0 Å². The Morgan fingerprint density at radius 1 is 1.19 bits per heavy atom. The number of carbonyl (C=O) groups is 3. The predicted molar refractivity (Wildman–Crippen MR) is 105 cm³/mol. The number of nitrogens with zero attached hydrogens (tertiary/aromatic N) is 3. The van der Waals surface area contributed by atoms with Crippen molar-refractivity contribution in [3.05, 3.63) is 23.8 Å². The lowest BCUT2D eigenvalue weighted by molar-refractivity contribution is -0.169. The number of cyclic esters (lactones) is 1. The summed E-state index contributed by atoms with van der Waals surface area (Å²) < 4.78 is 75.0. The van der Waals surface area contributed by atoms with E-state index in [0.717, 1.165) is 17.0 Å². The second-order valence-electron chi connectivity index (χ2n) is 6.96. The third-order valence-corrected chi connectivity index (χ3v) is 6.68. The van der Waals surface area contributed by atoms with Crippen LogP contribution < -0.4 is 15.1 Å². The number of carbonyl (C=O) groups excluding carboxylic acids is 3. The molecule has 1 aromatic rings. The Morgan fingerprint density at radius 3 is 2.44 bits per heavy atom. The van der Waals surface area contributed by atoms with E-state index in [1.807, 2.05) is 0 Å². The van der Waals surface area contributed by atoms with E-state index in [9.17, 15) is 36.3 Å². The van der Waals surface area contributed by atoms with Crippen molar-refractivity contribution in [3.8, 4) is 0 Å². The number of hydrogen-bond acceptors (Lipinski definition) is 5. The molecule has 176 valence electrons. The molecule has 2 heterocycles. The van der Waals surface area contributed by atoms with Crippen LogP contribution >= 0.6 is 0 Å². The first-order chi connectivity index (χ1) is 15.0. The van der Waals surface area contributed by atoms with Crippen molar-refractivity contribution in [1.29, 1.82) is 0 Å². The number of nitrogens with one attached hydrogen (secondary N) is 1. The Hall–Kier alpha value is -2.77.